The predicted octanol–water partition coefficient (Wildman–Crippen LogP) is 6.08. The van der Waals surface area contributed by atoms with Gasteiger partial charge in [-0.05, 0) is 55.3 Å². The lowest BCUT2D eigenvalue weighted by atomic mass is 9.88. The SMILES string of the molecule is C[C@H](CN1CC=C(c2cccs2)CC1)N(C(=O)C1CCCCC1)c1ccccn1.Cl.Cl. The summed E-state index contributed by atoms with van der Waals surface area (Å²) in [6.07, 6.45) is 10.9. The zero-order chi connectivity index (χ0) is 20.1. The van der Waals surface area contributed by atoms with Crippen molar-refractivity contribution < 1.29 is 4.79 Å². The number of amides is 1. The summed E-state index contributed by atoms with van der Waals surface area (Å²) in [5, 5.41) is 2.15. The lowest BCUT2D eigenvalue weighted by molar-refractivity contribution is -0.123. The first kappa shape index (κ1) is 25.9. The minimum absolute atomic E-state index is 0. The second kappa shape index (κ2) is 12.6. The van der Waals surface area contributed by atoms with E-state index >= 15 is 0 Å². The van der Waals surface area contributed by atoms with Crippen LogP contribution in [-0.4, -0.2) is 41.5 Å². The number of thiophene rings is 1. The molecule has 170 valence electrons. The van der Waals surface area contributed by atoms with E-state index in [2.05, 4.69) is 40.4 Å². The number of anilines is 1. The normalized spacial score (nSPS) is 18.3. The number of hydrogen-bond donors (Lipinski definition) is 0. The molecule has 2 aliphatic rings. The summed E-state index contributed by atoms with van der Waals surface area (Å²) in [6, 6.07) is 10.3. The van der Waals surface area contributed by atoms with Gasteiger partial charge in [0.2, 0.25) is 5.91 Å². The van der Waals surface area contributed by atoms with Crippen molar-refractivity contribution in [2.45, 2.75) is 51.5 Å². The van der Waals surface area contributed by atoms with E-state index in [4.69, 9.17) is 0 Å². The Morgan fingerprint density at radius 3 is 2.61 bits per heavy atom. The van der Waals surface area contributed by atoms with E-state index < -0.39 is 0 Å². The van der Waals surface area contributed by atoms with Gasteiger partial charge < -0.3 is 0 Å². The topological polar surface area (TPSA) is 36.4 Å². The Bertz CT molecular complexity index is 823. The zero-order valence-electron chi connectivity index (χ0n) is 18.1. The molecule has 1 atom stereocenters. The van der Waals surface area contributed by atoms with Crippen molar-refractivity contribution in [2.75, 3.05) is 24.5 Å². The van der Waals surface area contributed by atoms with E-state index in [-0.39, 0.29) is 42.7 Å². The second-order valence-electron chi connectivity index (χ2n) is 8.30. The molecule has 0 radical (unpaired) electrons. The van der Waals surface area contributed by atoms with Gasteiger partial charge in [0.05, 0.1) is 0 Å². The highest BCUT2D eigenvalue weighted by molar-refractivity contribution is 7.11. The fourth-order valence-corrected chi connectivity index (χ4v) is 5.41. The molecule has 1 saturated carbocycles. The molecule has 0 unspecified atom stereocenters. The molecule has 2 aromatic heterocycles. The summed E-state index contributed by atoms with van der Waals surface area (Å²) in [5.74, 6) is 1.21. The fourth-order valence-electron chi connectivity index (χ4n) is 4.62. The van der Waals surface area contributed by atoms with E-state index in [1.54, 1.807) is 6.20 Å². The summed E-state index contributed by atoms with van der Waals surface area (Å²) in [6.45, 7) is 5.05. The van der Waals surface area contributed by atoms with Crippen molar-refractivity contribution in [1.29, 1.82) is 0 Å². The van der Waals surface area contributed by atoms with Crippen molar-refractivity contribution in [1.82, 2.24) is 9.88 Å². The number of rotatable bonds is 6. The van der Waals surface area contributed by atoms with Gasteiger partial charge in [-0.25, -0.2) is 4.98 Å². The van der Waals surface area contributed by atoms with E-state index in [0.717, 1.165) is 44.7 Å². The van der Waals surface area contributed by atoms with E-state index in [1.165, 1.54) is 29.7 Å². The van der Waals surface area contributed by atoms with Gasteiger partial charge in [0, 0.05) is 42.7 Å². The molecule has 0 bridgehead atoms. The van der Waals surface area contributed by atoms with E-state index in [1.807, 2.05) is 34.4 Å². The van der Waals surface area contributed by atoms with Crippen LogP contribution < -0.4 is 4.90 Å². The highest BCUT2D eigenvalue weighted by atomic mass is 35.5. The molecular weight excluding hydrogens is 449 g/mol. The van der Waals surface area contributed by atoms with Crippen LogP contribution in [0.4, 0.5) is 5.82 Å². The first-order valence-electron chi connectivity index (χ1n) is 10.9. The van der Waals surface area contributed by atoms with Crippen molar-refractivity contribution in [3.8, 4) is 0 Å². The number of carbonyl (C=O) groups is 1. The third-order valence-electron chi connectivity index (χ3n) is 6.18. The number of pyridine rings is 1. The summed E-state index contributed by atoms with van der Waals surface area (Å²) < 4.78 is 0. The average Bonchev–Trinajstić information content (AvgIpc) is 3.31. The van der Waals surface area contributed by atoms with Crippen LogP contribution in [0.25, 0.3) is 5.57 Å². The largest absolute Gasteiger partial charge is 0.297 e. The maximum atomic E-state index is 13.4. The molecule has 3 heterocycles. The van der Waals surface area contributed by atoms with Gasteiger partial charge in [-0.1, -0.05) is 37.5 Å². The number of carbonyl (C=O) groups excluding carboxylic acids is 1. The maximum Gasteiger partial charge on any atom is 0.231 e. The van der Waals surface area contributed by atoms with Crippen LogP contribution in [0.2, 0.25) is 0 Å². The van der Waals surface area contributed by atoms with Gasteiger partial charge >= 0.3 is 0 Å². The molecule has 1 fully saturated rings. The van der Waals surface area contributed by atoms with Crippen LogP contribution in [0.15, 0.2) is 48.0 Å². The molecule has 31 heavy (non-hydrogen) atoms. The summed E-state index contributed by atoms with van der Waals surface area (Å²) >= 11 is 1.82. The number of hydrogen-bond acceptors (Lipinski definition) is 4. The van der Waals surface area contributed by atoms with Crippen molar-refractivity contribution in [2.24, 2.45) is 5.92 Å². The van der Waals surface area contributed by atoms with Crippen molar-refractivity contribution in [3.63, 3.8) is 0 Å². The van der Waals surface area contributed by atoms with Gasteiger partial charge in [0.1, 0.15) is 5.82 Å². The standard InChI is InChI=1S/C24H31N3OS.2ClH/c1-19(18-26-15-12-20(13-16-26)22-10-7-17-29-22)27(23-11-5-6-14-25-23)24(28)21-8-3-2-4-9-21;;/h5-7,10-12,14,17,19,21H,2-4,8-9,13,15-16,18H2,1H3;2*1H/t19-;;/m1../s1. The number of aromatic nitrogens is 1. The number of nitrogens with zero attached hydrogens (tertiary/aromatic N) is 3. The monoisotopic (exact) mass is 481 g/mol. The van der Waals surface area contributed by atoms with Gasteiger partial charge in [0.15, 0.2) is 0 Å². The van der Waals surface area contributed by atoms with Gasteiger partial charge in [0.25, 0.3) is 0 Å². The van der Waals surface area contributed by atoms with Gasteiger partial charge in [-0.15, -0.1) is 36.2 Å². The summed E-state index contributed by atoms with van der Waals surface area (Å²) in [7, 11) is 0. The molecule has 2 aromatic rings. The zero-order valence-corrected chi connectivity index (χ0v) is 20.6. The molecule has 1 aliphatic carbocycles. The quantitative estimate of drug-likeness (QED) is 0.501. The molecule has 1 aliphatic heterocycles. The van der Waals surface area contributed by atoms with Crippen LogP contribution in [0.3, 0.4) is 0 Å². The van der Waals surface area contributed by atoms with Crippen LogP contribution >= 0.6 is 36.2 Å². The highest BCUT2D eigenvalue weighted by Gasteiger charge is 2.31. The van der Waals surface area contributed by atoms with Crippen molar-refractivity contribution >= 4 is 53.4 Å². The second-order valence-corrected chi connectivity index (χ2v) is 9.24. The maximum absolute atomic E-state index is 13.4. The molecule has 1 amide bonds. The summed E-state index contributed by atoms with van der Waals surface area (Å²) in [5.41, 5.74) is 1.46. The Hall–Kier alpha value is -1.40. The van der Waals surface area contributed by atoms with Crippen LogP contribution in [0, 0.1) is 5.92 Å². The Kier molecular flexibility index (Phi) is 10.5. The number of halogens is 2. The molecule has 4 rings (SSSR count). The minimum Gasteiger partial charge on any atom is -0.297 e. The molecular formula is C24H33Cl2N3OS. The third kappa shape index (κ3) is 6.55. The molecule has 0 N–H and O–H groups in total. The molecule has 0 saturated heterocycles. The Balaban J connectivity index is 0.00000171. The Morgan fingerprint density at radius 2 is 2.00 bits per heavy atom. The van der Waals surface area contributed by atoms with Gasteiger partial charge in [-0.3, -0.25) is 14.6 Å². The molecule has 0 spiro atoms. The smallest absolute Gasteiger partial charge is 0.231 e. The summed E-state index contributed by atoms with van der Waals surface area (Å²) in [4.78, 5) is 23.8. The van der Waals surface area contributed by atoms with Crippen LogP contribution in [0.5, 0.6) is 0 Å². The Labute approximate surface area is 202 Å². The Morgan fingerprint density at radius 1 is 1.19 bits per heavy atom. The van der Waals surface area contributed by atoms with Crippen LogP contribution in [0.1, 0.15) is 50.3 Å². The lowest BCUT2D eigenvalue weighted by Gasteiger charge is -2.36. The highest BCUT2D eigenvalue weighted by Crippen LogP contribution is 2.29. The first-order chi connectivity index (χ1) is 14.2. The third-order valence-corrected chi connectivity index (χ3v) is 7.13. The first-order valence-corrected chi connectivity index (χ1v) is 11.8. The average molecular weight is 483 g/mol. The predicted molar refractivity (Wildman–Crippen MR) is 136 cm³/mol. The molecule has 7 heteroatoms. The lowest BCUT2D eigenvalue weighted by Crippen LogP contribution is -2.49. The minimum atomic E-state index is 0. The van der Waals surface area contributed by atoms with Gasteiger partial charge in [-0.2, -0.15) is 0 Å². The molecule has 4 nitrogen and oxygen atoms in total. The van der Waals surface area contributed by atoms with Crippen molar-refractivity contribution in [3.05, 3.63) is 52.9 Å². The van der Waals surface area contributed by atoms with E-state index in [9.17, 15) is 4.79 Å². The fraction of sp³-hybridized carbons (Fsp3) is 0.500. The van der Waals surface area contributed by atoms with E-state index in [0.29, 0.717) is 0 Å². The molecule has 0 aromatic carbocycles. The van der Waals surface area contributed by atoms with Crippen LogP contribution in [-0.2, 0) is 4.79 Å².